The minimum absolute atomic E-state index is 0.139. The van der Waals surface area contributed by atoms with Gasteiger partial charge in [-0.2, -0.15) is 13.2 Å². The number of aromatic nitrogens is 1. The highest BCUT2D eigenvalue weighted by Gasteiger charge is 2.30. The third-order valence-corrected chi connectivity index (χ3v) is 3.75. The van der Waals surface area contributed by atoms with Gasteiger partial charge in [0.15, 0.2) is 0 Å². The molecule has 124 valence electrons. The summed E-state index contributed by atoms with van der Waals surface area (Å²) in [5, 5.41) is 3.76. The lowest BCUT2D eigenvalue weighted by Crippen LogP contribution is -2.16. The Balaban J connectivity index is 1.86. The summed E-state index contributed by atoms with van der Waals surface area (Å²) >= 11 is 0. The molecular weight excluding hydrogens is 317 g/mol. The number of pyridine rings is 1. The molecule has 0 amide bonds. The first kappa shape index (κ1) is 16.1. The zero-order valence-corrected chi connectivity index (χ0v) is 12.9. The normalized spacial score (nSPS) is 11.7. The van der Waals surface area contributed by atoms with Crippen LogP contribution in [0.5, 0.6) is 0 Å². The summed E-state index contributed by atoms with van der Waals surface area (Å²) in [6.45, 7) is 2.09. The molecule has 3 aromatic rings. The second-order valence-electron chi connectivity index (χ2n) is 5.65. The van der Waals surface area contributed by atoms with Crippen LogP contribution in [0.25, 0.3) is 10.9 Å². The summed E-state index contributed by atoms with van der Waals surface area (Å²) in [6, 6.07) is 12.3. The van der Waals surface area contributed by atoms with E-state index in [2.05, 4.69) is 10.3 Å². The van der Waals surface area contributed by atoms with Gasteiger partial charge < -0.3 is 10.3 Å². The van der Waals surface area contributed by atoms with Crippen molar-refractivity contribution in [2.45, 2.75) is 19.6 Å². The van der Waals surface area contributed by atoms with Crippen LogP contribution in [-0.4, -0.2) is 4.98 Å². The highest BCUT2D eigenvalue weighted by Crippen LogP contribution is 2.30. The van der Waals surface area contributed by atoms with Crippen molar-refractivity contribution in [2.75, 3.05) is 5.32 Å². The van der Waals surface area contributed by atoms with Crippen LogP contribution in [0.15, 0.2) is 53.3 Å². The van der Waals surface area contributed by atoms with E-state index in [1.54, 1.807) is 6.07 Å². The lowest BCUT2D eigenvalue weighted by Gasteiger charge is -2.11. The van der Waals surface area contributed by atoms with Gasteiger partial charge in [-0.15, -0.1) is 0 Å². The minimum Gasteiger partial charge on any atom is -0.381 e. The molecule has 0 atom stereocenters. The van der Waals surface area contributed by atoms with Gasteiger partial charge in [-0.3, -0.25) is 4.79 Å². The molecule has 3 rings (SSSR count). The molecule has 1 aromatic heterocycles. The summed E-state index contributed by atoms with van der Waals surface area (Å²) in [5.74, 6) is 0. The fourth-order valence-electron chi connectivity index (χ4n) is 2.51. The first-order chi connectivity index (χ1) is 11.3. The van der Waals surface area contributed by atoms with Gasteiger partial charge in [-0.05, 0) is 48.7 Å². The number of rotatable bonds is 3. The van der Waals surface area contributed by atoms with E-state index in [-0.39, 0.29) is 12.1 Å². The van der Waals surface area contributed by atoms with Crippen LogP contribution in [-0.2, 0) is 12.7 Å². The van der Waals surface area contributed by atoms with E-state index in [1.165, 1.54) is 12.1 Å². The van der Waals surface area contributed by atoms with Crippen molar-refractivity contribution in [3.63, 3.8) is 0 Å². The van der Waals surface area contributed by atoms with Crippen LogP contribution < -0.4 is 10.9 Å². The van der Waals surface area contributed by atoms with Gasteiger partial charge in [-0.1, -0.05) is 17.7 Å². The number of hydrogen-bond acceptors (Lipinski definition) is 2. The average Bonchev–Trinajstić information content (AvgIpc) is 2.53. The van der Waals surface area contributed by atoms with Gasteiger partial charge in [0.05, 0.1) is 5.56 Å². The molecule has 0 aliphatic heterocycles. The van der Waals surface area contributed by atoms with Crippen molar-refractivity contribution in [2.24, 2.45) is 0 Å². The summed E-state index contributed by atoms with van der Waals surface area (Å²) < 4.78 is 38.2. The Labute approximate surface area is 136 Å². The Bertz CT molecular complexity index is 945. The lowest BCUT2D eigenvalue weighted by molar-refractivity contribution is -0.137. The number of anilines is 1. The number of alkyl halides is 3. The van der Waals surface area contributed by atoms with E-state index in [9.17, 15) is 18.0 Å². The number of H-pyrrole nitrogens is 1. The predicted molar refractivity (Wildman–Crippen MR) is 88.1 cm³/mol. The second-order valence-corrected chi connectivity index (χ2v) is 5.65. The lowest BCUT2D eigenvalue weighted by atomic mass is 10.1. The third-order valence-electron chi connectivity index (χ3n) is 3.75. The number of nitrogens with one attached hydrogen (secondary N) is 2. The van der Waals surface area contributed by atoms with Crippen molar-refractivity contribution < 1.29 is 13.2 Å². The molecule has 0 saturated heterocycles. The zero-order chi connectivity index (χ0) is 17.3. The monoisotopic (exact) mass is 332 g/mol. The smallest absolute Gasteiger partial charge is 0.381 e. The van der Waals surface area contributed by atoms with E-state index in [1.807, 2.05) is 25.1 Å². The Morgan fingerprint density at radius 2 is 1.88 bits per heavy atom. The molecule has 6 heteroatoms. The van der Waals surface area contributed by atoms with Gasteiger partial charge in [0.1, 0.15) is 0 Å². The summed E-state index contributed by atoms with van der Waals surface area (Å²) in [6.07, 6.45) is -4.39. The van der Waals surface area contributed by atoms with Crippen molar-refractivity contribution in [1.82, 2.24) is 4.98 Å². The average molecular weight is 332 g/mol. The van der Waals surface area contributed by atoms with E-state index in [4.69, 9.17) is 0 Å². The maximum absolute atomic E-state index is 12.7. The summed E-state index contributed by atoms with van der Waals surface area (Å²) in [4.78, 5) is 14.9. The van der Waals surface area contributed by atoms with Crippen molar-refractivity contribution in [3.8, 4) is 0 Å². The fourth-order valence-corrected chi connectivity index (χ4v) is 2.51. The first-order valence-corrected chi connectivity index (χ1v) is 7.36. The topological polar surface area (TPSA) is 44.9 Å². The van der Waals surface area contributed by atoms with Crippen LogP contribution in [0.3, 0.4) is 0 Å². The fraction of sp³-hybridized carbons (Fsp3) is 0.167. The molecule has 2 N–H and O–H groups in total. The maximum atomic E-state index is 12.7. The van der Waals surface area contributed by atoms with Crippen molar-refractivity contribution in [1.29, 1.82) is 0 Å². The molecule has 0 spiro atoms. The molecule has 2 aromatic carbocycles. The number of hydrogen-bond donors (Lipinski definition) is 2. The number of fused-ring (bicyclic) bond motifs is 1. The summed E-state index contributed by atoms with van der Waals surface area (Å²) in [5.41, 5.74) is 1.58. The van der Waals surface area contributed by atoms with Gasteiger partial charge in [0.2, 0.25) is 0 Å². The molecule has 24 heavy (non-hydrogen) atoms. The van der Waals surface area contributed by atoms with Gasteiger partial charge >= 0.3 is 6.18 Å². The molecule has 0 saturated carbocycles. The largest absolute Gasteiger partial charge is 0.416 e. The van der Waals surface area contributed by atoms with Gasteiger partial charge in [0, 0.05) is 23.3 Å². The predicted octanol–water partition coefficient (Wildman–Crippen LogP) is 4.47. The van der Waals surface area contributed by atoms with Crippen LogP contribution in [0.4, 0.5) is 18.9 Å². The molecule has 0 unspecified atom stereocenters. The quantitative estimate of drug-likeness (QED) is 0.743. The maximum Gasteiger partial charge on any atom is 0.416 e. The van der Waals surface area contributed by atoms with E-state index < -0.39 is 11.7 Å². The van der Waals surface area contributed by atoms with E-state index in [0.717, 1.165) is 28.6 Å². The molecule has 0 aliphatic rings. The Morgan fingerprint density at radius 3 is 2.62 bits per heavy atom. The first-order valence-electron chi connectivity index (χ1n) is 7.36. The van der Waals surface area contributed by atoms with Crippen molar-refractivity contribution >= 4 is 16.6 Å². The highest BCUT2D eigenvalue weighted by atomic mass is 19.4. The second kappa shape index (κ2) is 6.03. The standard InChI is InChI=1S/C18H15F3N2O/c1-11-5-6-16-12(7-11)8-13(17(24)23-16)10-22-15-4-2-3-14(9-15)18(19,20)21/h2-9,22H,10H2,1H3,(H,23,24). The van der Waals surface area contributed by atoms with Gasteiger partial charge in [0.25, 0.3) is 5.56 Å². The highest BCUT2D eigenvalue weighted by molar-refractivity contribution is 5.79. The van der Waals surface area contributed by atoms with Crippen molar-refractivity contribution in [3.05, 3.63) is 75.6 Å². The molecular formula is C18H15F3N2O. The molecule has 0 radical (unpaired) electrons. The van der Waals surface area contributed by atoms with E-state index in [0.29, 0.717) is 11.3 Å². The minimum atomic E-state index is -4.39. The molecule has 0 aliphatic carbocycles. The van der Waals surface area contributed by atoms with Crippen LogP contribution in [0.1, 0.15) is 16.7 Å². The van der Waals surface area contributed by atoms with Crippen LogP contribution >= 0.6 is 0 Å². The molecule has 1 heterocycles. The third kappa shape index (κ3) is 3.42. The van der Waals surface area contributed by atoms with Crippen LogP contribution in [0, 0.1) is 6.92 Å². The van der Waals surface area contributed by atoms with Crippen LogP contribution in [0.2, 0.25) is 0 Å². The number of benzene rings is 2. The Morgan fingerprint density at radius 1 is 1.08 bits per heavy atom. The SMILES string of the molecule is Cc1ccc2[nH]c(=O)c(CNc3cccc(C(F)(F)F)c3)cc2c1. The Hall–Kier alpha value is -2.76. The molecule has 0 bridgehead atoms. The van der Waals surface area contributed by atoms with Gasteiger partial charge in [-0.25, -0.2) is 0 Å². The molecule has 3 nitrogen and oxygen atoms in total. The number of aryl methyl sites for hydroxylation is 1. The summed E-state index contributed by atoms with van der Waals surface area (Å²) in [7, 11) is 0. The zero-order valence-electron chi connectivity index (χ0n) is 12.9. The molecule has 0 fully saturated rings. The Kier molecular flexibility index (Phi) is 4.05. The number of aromatic amines is 1. The number of halogens is 3. The van der Waals surface area contributed by atoms with E-state index >= 15 is 0 Å².